The third-order valence-corrected chi connectivity index (χ3v) is 7.61. The summed E-state index contributed by atoms with van der Waals surface area (Å²) in [7, 11) is 1.51. The zero-order valence-electron chi connectivity index (χ0n) is 25.5. The smallest absolute Gasteiger partial charge is 0.328 e. The Morgan fingerprint density at radius 3 is 2.27 bits per heavy atom. The lowest BCUT2D eigenvalue weighted by atomic mass is 9.97. The number of carbonyl (C=O) groups excluding carboxylic acids is 4. The van der Waals surface area contributed by atoms with Gasteiger partial charge >= 0.3 is 18.0 Å². The van der Waals surface area contributed by atoms with Crippen molar-refractivity contribution in [2.45, 2.75) is 64.7 Å². The van der Waals surface area contributed by atoms with Gasteiger partial charge in [0, 0.05) is 19.3 Å². The van der Waals surface area contributed by atoms with Crippen LogP contribution in [0.25, 0.3) is 0 Å². The van der Waals surface area contributed by atoms with Crippen molar-refractivity contribution in [2.75, 3.05) is 25.6 Å². The second-order valence-corrected chi connectivity index (χ2v) is 11.7. The number of nitrogens with zero attached hydrogens (tertiary/aromatic N) is 2. The summed E-state index contributed by atoms with van der Waals surface area (Å²) in [6.45, 7) is 7.82. The Hall–Kier alpha value is -4.81. The van der Waals surface area contributed by atoms with Crippen LogP contribution in [0.15, 0.2) is 42.5 Å². The van der Waals surface area contributed by atoms with Crippen LogP contribution in [-0.4, -0.2) is 76.6 Å². The number of carboxylic acids is 1. The molecule has 6 amide bonds. The maximum absolute atomic E-state index is 13.9. The van der Waals surface area contributed by atoms with Crippen molar-refractivity contribution in [2.24, 2.45) is 5.92 Å². The zero-order valence-corrected chi connectivity index (χ0v) is 25.5. The van der Waals surface area contributed by atoms with Gasteiger partial charge in [0.15, 0.2) is 11.5 Å². The van der Waals surface area contributed by atoms with E-state index in [0.717, 1.165) is 4.90 Å². The summed E-state index contributed by atoms with van der Waals surface area (Å²) >= 11 is 0. The number of hydrogen-bond donors (Lipinski definition) is 4. The quantitative estimate of drug-likeness (QED) is 0.281. The number of carbonyl (C=O) groups is 5. The summed E-state index contributed by atoms with van der Waals surface area (Å²) in [5.41, 5.74) is 0.500. The predicted molar refractivity (Wildman–Crippen MR) is 160 cm³/mol. The van der Waals surface area contributed by atoms with Gasteiger partial charge < -0.3 is 35.4 Å². The average Bonchev–Trinajstić information content (AvgIpc) is 3.14. The predicted octanol–water partition coefficient (Wildman–Crippen LogP) is 3.50. The number of fused-ring (bicyclic) bond motifs is 1. The van der Waals surface area contributed by atoms with Crippen LogP contribution < -0.4 is 25.4 Å². The molecule has 1 fully saturated rings. The number of benzene rings is 2. The number of imide groups is 1. The van der Waals surface area contributed by atoms with Crippen molar-refractivity contribution in [3.63, 3.8) is 0 Å². The average molecular weight is 610 g/mol. The van der Waals surface area contributed by atoms with E-state index in [1.807, 2.05) is 13.8 Å². The van der Waals surface area contributed by atoms with Crippen LogP contribution in [0.2, 0.25) is 0 Å². The summed E-state index contributed by atoms with van der Waals surface area (Å²) in [6.07, 6.45) is -0.252. The number of anilines is 1. The van der Waals surface area contributed by atoms with E-state index in [2.05, 4.69) is 16.0 Å². The van der Waals surface area contributed by atoms with Crippen molar-refractivity contribution in [1.29, 1.82) is 0 Å². The Labute approximate surface area is 255 Å². The van der Waals surface area contributed by atoms with Gasteiger partial charge in [-0.1, -0.05) is 32.0 Å². The minimum atomic E-state index is -1.26. The van der Waals surface area contributed by atoms with Crippen LogP contribution >= 0.6 is 0 Å². The molecule has 236 valence electrons. The topological polar surface area (TPSA) is 167 Å². The molecule has 2 aromatic carbocycles. The Balaban J connectivity index is 1.58. The summed E-state index contributed by atoms with van der Waals surface area (Å²) in [4.78, 5) is 67.3. The molecule has 0 aromatic heterocycles. The number of ether oxygens (including phenoxy) is 2. The molecule has 2 aliphatic rings. The molecular formula is C31H39N5O8. The molecular weight excluding hydrogens is 570 g/mol. The number of rotatable bonds is 11. The molecule has 2 aromatic rings. The van der Waals surface area contributed by atoms with E-state index < -0.39 is 47.9 Å². The standard InChI is InChI=1S/C31H39N5O8/c1-18(2)14-23(27(39)34-22(16-26(37)38)20-8-11-24-25(15-20)44-13-12-43-24)36-28(40)31(3,4)35(30(36)42)17-19-6-9-21(10-7-19)33-29(41)32-5/h6-11,15,18,22-23H,12-14,16-17H2,1-5H3,(H,34,39)(H,37,38)(H2,32,33,41)/t22?,23-/m0/s1. The third-order valence-electron chi connectivity index (χ3n) is 7.61. The molecule has 0 aliphatic carbocycles. The SMILES string of the molecule is CNC(=O)Nc1ccc(CN2C(=O)N([C@@H](CC(C)C)C(=O)NC(CC(=O)O)c3ccc4c(c3)OCCO4)C(=O)C2(C)C)cc1. The number of amides is 6. The van der Waals surface area contributed by atoms with Gasteiger partial charge in [0.2, 0.25) is 5.91 Å². The molecule has 2 atom stereocenters. The van der Waals surface area contributed by atoms with E-state index in [1.165, 1.54) is 11.9 Å². The van der Waals surface area contributed by atoms with E-state index in [4.69, 9.17) is 9.47 Å². The van der Waals surface area contributed by atoms with Gasteiger partial charge in [-0.25, -0.2) is 14.5 Å². The number of hydrogen-bond acceptors (Lipinski definition) is 7. The van der Waals surface area contributed by atoms with Crippen LogP contribution in [0.4, 0.5) is 15.3 Å². The molecule has 13 heteroatoms. The van der Waals surface area contributed by atoms with Crippen molar-refractivity contribution in [3.8, 4) is 11.5 Å². The number of nitrogens with one attached hydrogen (secondary N) is 3. The fourth-order valence-electron chi connectivity index (χ4n) is 5.22. The summed E-state index contributed by atoms with van der Waals surface area (Å²) < 4.78 is 11.2. The fraction of sp³-hybridized carbons (Fsp3) is 0.452. The third kappa shape index (κ3) is 7.04. The first-order chi connectivity index (χ1) is 20.8. The molecule has 13 nitrogen and oxygen atoms in total. The van der Waals surface area contributed by atoms with Crippen LogP contribution in [0.3, 0.4) is 0 Å². The molecule has 4 N–H and O–H groups in total. The van der Waals surface area contributed by atoms with Crippen LogP contribution in [0.1, 0.15) is 57.7 Å². The van der Waals surface area contributed by atoms with Crippen molar-refractivity contribution in [3.05, 3.63) is 53.6 Å². The minimum absolute atomic E-state index is 0.0731. The van der Waals surface area contributed by atoms with Crippen molar-refractivity contribution >= 4 is 35.5 Å². The van der Waals surface area contributed by atoms with Gasteiger partial charge in [-0.15, -0.1) is 0 Å². The molecule has 4 rings (SSSR count). The maximum atomic E-state index is 13.9. The Morgan fingerprint density at radius 2 is 1.66 bits per heavy atom. The molecule has 2 heterocycles. The molecule has 0 spiro atoms. The van der Waals surface area contributed by atoms with E-state index in [-0.39, 0.29) is 24.9 Å². The highest BCUT2D eigenvalue weighted by molar-refractivity contribution is 6.09. The Bertz CT molecular complexity index is 1420. The molecule has 1 unspecified atom stereocenters. The van der Waals surface area contributed by atoms with Gasteiger partial charge in [0.05, 0.1) is 12.5 Å². The number of aliphatic carboxylic acids is 1. The molecule has 1 saturated heterocycles. The van der Waals surface area contributed by atoms with Crippen molar-refractivity contribution in [1.82, 2.24) is 20.4 Å². The largest absolute Gasteiger partial charge is 0.486 e. The van der Waals surface area contributed by atoms with Gasteiger partial charge in [-0.05, 0) is 61.6 Å². The molecule has 0 bridgehead atoms. The highest BCUT2D eigenvalue weighted by atomic mass is 16.6. The first kappa shape index (κ1) is 32.1. The van der Waals surface area contributed by atoms with E-state index in [9.17, 15) is 29.1 Å². The van der Waals surface area contributed by atoms with E-state index in [0.29, 0.717) is 41.5 Å². The first-order valence-corrected chi connectivity index (χ1v) is 14.5. The summed E-state index contributed by atoms with van der Waals surface area (Å²) in [6, 6.07) is 8.68. The van der Waals surface area contributed by atoms with Crippen LogP contribution in [0, 0.1) is 5.92 Å². The molecule has 44 heavy (non-hydrogen) atoms. The summed E-state index contributed by atoms with van der Waals surface area (Å²) in [5, 5.41) is 17.6. The number of urea groups is 2. The molecule has 0 saturated carbocycles. The Kier molecular flexibility index (Phi) is 9.65. The highest BCUT2D eigenvalue weighted by Gasteiger charge is 2.54. The second-order valence-electron chi connectivity index (χ2n) is 11.7. The molecule has 0 radical (unpaired) electrons. The van der Waals surface area contributed by atoms with Gasteiger partial charge in [-0.2, -0.15) is 0 Å². The summed E-state index contributed by atoms with van der Waals surface area (Å²) in [5.74, 6) is -1.42. The molecule has 2 aliphatic heterocycles. The number of carboxylic acid groups (broad SMARTS) is 1. The van der Waals surface area contributed by atoms with Gasteiger partial charge in [0.1, 0.15) is 24.8 Å². The van der Waals surface area contributed by atoms with E-state index >= 15 is 0 Å². The Morgan fingerprint density at radius 1 is 1.00 bits per heavy atom. The minimum Gasteiger partial charge on any atom is -0.486 e. The monoisotopic (exact) mass is 609 g/mol. The second kappa shape index (κ2) is 13.2. The van der Waals surface area contributed by atoms with E-state index in [1.54, 1.807) is 56.3 Å². The first-order valence-electron chi connectivity index (χ1n) is 14.5. The van der Waals surface area contributed by atoms with Crippen LogP contribution in [0.5, 0.6) is 11.5 Å². The maximum Gasteiger partial charge on any atom is 0.328 e. The van der Waals surface area contributed by atoms with Gasteiger partial charge in [0.25, 0.3) is 5.91 Å². The fourth-order valence-corrected chi connectivity index (χ4v) is 5.22. The lowest BCUT2D eigenvalue weighted by Gasteiger charge is -2.29. The normalized spacial score (nSPS) is 16.9. The van der Waals surface area contributed by atoms with Crippen LogP contribution in [-0.2, 0) is 20.9 Å². The lowest BCUT2D eigenvalue weighted by molar-refractivity contribution is -0.140. The lowest BCUT2D eigenvalue weighted by Crippen LogP contribution is -2.52. The van der Waals surface area contributed by atoms with Gasteiger partial charge in [-0.3, -0.25) is 14.4 Å². The van der Waals surface area contributed by atoms with Crippen molar-refractivity contribution < 1.29 is 38.6 Å². The zero-order chi connectivity index (χ0) is 32.2. The highest BCUT2D eigenvalue weighted by Crippen LogP contribution is 2.35.